The molecule has 1 aliphatic heterocycles. The van der Waals surface area contributed by atoms with Crippen LogP contribution in [-0.4, -0.2) is 48.2 Å². The predicted molar refractivity (Wildman–Crippen MR) is 64.2 cm³/mol. The molecule has 0 aromatic heterocycles. The van der Waals surface area contributed by atoms with Gasteiger partial charge in [0.2, 0.25) is 5.91 Å². The molecule has 1 heterocycles. The lowest BCUT2D eigenvalue weighted by atomic mass is 10.0. The first-order valence-corrected chi connectivity index (χ1v) is 6.38. The Kier molecular flexibility index (Phi) is 6.42. The van der Waals surface area contributed by atoms with Crippen molar-refractivity contribution in [3.63, 3.8) is 0 Å². The third-order valence-corrected chi connectivity index (χ3v) is 3.21. The molecule has 0 atom stereocenters. The second-order valence-electron chi connectivity index (χ2n) is 4.46. The van der Waals surface area contributed by atoms with Crippen molar-refractivity contribution in [2.24, 2.45) is 0 Å². The number of likely N-dealkylation sites (tertiary alicyclic amines) is 1. The second kappa shape index (κ2) is 7.63. The minimum atomic E-state index is 0.142. The number of nitrogens with one attached hydrogen (secondary N) is 1. The minimum absolute atomic E-state index is 0.142. The van der Waals surface area contributed by atoms with Crippen LogP contribution < -0.4 is 5.32 Å². The van der Waals surface area contributed by atoms with Crippen LogP contribution in [0.2, 0.25) is 0 Å². The molecule has 0 aromatic rings. The Bertz CT molecular complexity index is 201. The number of hydrogen-bond donors (Lipinski definition) is 2. The van der Waals surface area contributed by atoms with Crippen LogP contribution >= 0.6 is 0 Å². The van der Waals surface area contributed by atoms with Crippen molar-refractivity contribution in [3.05, 3.63) is 0 Å². The fourth-order valence-electron chi connectivity index (χ4n) is 2.09. The number of unbranched alkanes of at least 4 members (excludes halogenated alkanes) is 1. The molecule has 1 saturated heterocycles. The van der Waals surface area contributed by atoms with Gasteiger partial charge in [-0.05, 0) is 32.2 Å². The number of aliphatic hydroxyl groups is 1. The van der Waals surface area contributed by atoms with Crippen molar-refractivity contribution < 1.29 is 9.90 Å². The molecule has 0 aromatic carbocycles. The van der Waals surface area contributed by atoms with Crippen molar-refractivity contribution >= 4 is 5.91 Å². The van der Waals surface area contributed by atoms with Gasteiger partial charge in [-0.3, -0.25) is 4.79 Å². The van der Waals surface area contributed by atoms with Crippen molar-refractivity contribution in [1.82, 2.24) is 10.2 Å². The van der Waals surface area contributed by atoms with Crippen LogP contribution in [0.1, 0.15) is 39.0 Å². The van der Waals surface area contributed by atoms with Gasteiger partial charge in [-0.25, -0.2) is 0 Å². The molecule has 4 nitrogen and oxygen atoms in total. The fourth-order valence-corrected chi connectivity index (χ4v) is 2.09. The molecule has 1 fully saturated rings. The molecule has 1 rings (SSSR count). The summed E-state index contributed by atoms with van der Waals surface area (Å²) in [7, 11) is 0. The lowest BCUT2D eigenvalue weighted by molar-refractivity contribution is -0.122. The van der Waals surface area contributed by atoms with Crippen LogP contribution in [0.15, 0.2) is 0 Å². The van der Waals surface area contributed by atoms with Gasteiger partial charge < -0.3 is 15.3 Å². The van der Waals surface area contributed by atoms with Gasteiger partial charge >= 0.3 is 0 Å². The van der Waals surface area contributed by atoms with Crippen molar-refractivity contribution in [3.8, 4) is 0 Å². The van der Waals surface area contributed by atoms with E-state index in [1.54, 1.807) is 0 Å². The first kappa shape index (κ1) is 13.5. The normalized spacial score (nSPS) is 18.6. The quantitative estimate of drug-likeness (QED) is 0.660. The smallest absolute Gasteiger partial charge is 0.220 e. The third-order valence-electron chi connectivity index (χ3n) is 3.21. The molecule has 94 valence electrons. The standard InChI is InChI=1S/C12H24N2O2/c1-2-14-8-6-11(7-9-14)13-12(16)5-3-4-10-15/h11,15H,2-10H2,1H3,(H,13,16). The SMILES string of the molecule is CCN1CCC(NC(=O)CCCCO)CC1. The lowest BCUT2D eigenvalue weighted by Gasteiger charge is -2.31. The number of amides is 1. The summed E-state index contributed by atoms with van der Waals surface area (Å²) in [6, 6.07) is 0.365. The van der Waals surface area contributed by atoms with Gasteiger partial charge in [-0.15, -0.1) is 0 Å². The highest BCUT2D eigenvalue weighted by Crippen LogP contribution is 2.10. The van der Waals surface area contributed by atoms with E-state index in [0.717, 1.165) is 45.3 Å². The monoisotopic (exact) mass is 228 g/mol. The van der Waals surface area contributed by atoms with Crippen molar-refractivity contribution in [2.75, 3.05) is 26.2 Å². The number of piperidine rings is 1. The highest BCUT2D eigenvalue weighted by Gasteiger charge is 2.19. The largest absolute Gasteiger partial charge is 0.396 e. The Labute approximate surface area is 98.0 Å². The van der Waals surface area contributed by atoms with E-state index in [-0.39, 0.29) is 12.5 Å². The minimum Gasteiger partial charge on any atom is -0.396 e. The number of hydrogen-bond acceptors (Lipinski definition) is 3. The average molecular weight is 228 g/mol. The molecule has 0 unspecified atom stereocenters. The van der Waals surface area contributed by atoms with Crippen molar-refractivity contribution in [2.45, 2.75) is 45.1 Å². The average Bonchev–Trinajstić information content (AvgIpc) is 2.30. The van der Waals surface area contributed by atoms with Crippen LogP contribution in [0.5, 0.6) is 0 Å². The maximum Gasteiger partial charge on any atom is 0.220 e. The molecule has 0 spiro atoms. The molecular formula is C12H24N2O2. The first-order valence-electron chi connectivity index (χ1n) is 6.38. The van der Waals surface area contributed by atoms with Gasteiger partial charge in [0.15, 0.2) is 0 Å². The van der Waals surface area contributed by atoms with E-state index in [0.29, 0.717) is 12.5 Å². The first-order chi connectivity index (χ1) is 7.76. The summed E-state index contributed by atoms with van der Waals surface area (Å²) >= 11 is 0. The van der Waals surface area contributed by atoms with E-state index >= 15 is 0 Å². The molecule has 0 radical (unpaired) electrons. The zero-order chi connectivity index (χ0) is 11.8. The van der Waals surface area contributed by atoms with Crippen LogP contribution in [0, 0.1) is 0 Å². The Hall–Kier alpha value is -0.610. The van der Waals surface area contributed by atoms with E-state index < -0.39 is 0 Å². The third kappa shape index (κ3) is 4.94. The fraction of sp³-hybridized carbons (Fsp3) is 0.917. The van der Waals surface area contributed by atoms with E-state index in [2.05, 4.69) is 17.1 Å². The Morgan fingerprint density at radius 3 is 2.62 bits per heavy atom. The molecule has 0 bridgehead atoms. The number of carbonyl (C=O) groups is 1. The maximum atomic E-state index is 11.5. The number of carbonyl (C=O) groups excluding carboxylic acids is 1. The van der Waals surface area contributed by atoms with Gasteiger partial charge in [0.1, 0.15) is 0 Å². The molecule has 1 amide bonds. The summed E-state index contributed by atoms with van der Waals surface area (Å²) in [6.45, 7) is 5.66. The summed E-state index contributed by atoms with van der Waals surface area (Å²) in [4.78, 5) is 13.9. The van der Waals surface area contributed by atoms with E-state index in [1.807, 2.05) is 0 Å². The lowest BCUT2D eigenvalue weighted by Crippen LogP contribution is -2.44. The van der Waals surface area contributed by atoms with E-state index in [9.17, 15) is 4.79 Å². The van der Waals surface area contributed by atoms with Crippen LogP contribution in [-0.2, 0) is 4.79 Å². The van der Waals surface area contributed by atoms with Crippen LogP contribution in [0.4, 0.5) is 0 Å². The molecule has 0 saturated carbocycles. The summed E-state index contributed by atoms with van der Waals surface area (Å²) in [5, 5.41) is 11.7. The van der Waals surface area contributed by atoms with Crippen LogP contribution in [0.3, 0.4) is 0 Å². The zero-order valence-corrected chi connectivity index (χ0v) is 10.2. The Morgan fingerprint density at radius 1 is 1.38 bits per heavy atom. The Balaban J connectivity index is 2.10. The van der Waals surface area contributed by atoms with E-state index in [1.165, 1.54) is 0 Å². The van der Waals surface area contributed by atoms with Gasteiger partial charge in [0.05, 0.1) is 0 Å². The second-order valence-corrected chi connectivity index (χ2v) is 4.46. The maximum absolute atomic E-state index is 11.5. The van der Waals surface area contributed by atoms with Gasteiger partial charge in [0, 0.05) is 32.2 Å². The summed E-state index contributed by atoms with van der Waals surface area (Å²) in [6.07, 6.45) is 4.20. The van der Waals surface area contributed by atoms with Gasteiger partial charge in [-0.1, -0.05) is 6.92 Å². The van der Waals surface area contributed by atoms with Gasteiger partial charge in [0.25, 0.3) is 0 Å². The molecular weight excluding hydrogens is 204 g/mol. The molecule has 0 aliphatic carbocycles. The highest BCUT2D eigenvalue weighted by atomic mass is 16.2. The topological polar surface area (TPSA) is 52.6 Å². The van der Waals surface area contributed by atoms with Crippen LogP contribution in [0.25, 0.3) is 0 Å². The zero-order valence-electron chi connectivity index (χ0n) is 10.2. The highest BCUT2D eigenvalue weighted by molar-refractivity contribution is 5.76. The molecule has 16 heavy (non-hydrogen) atoms. The predicted octanol–water partition coefficient (Wildman–Crippen LogP) is 0.749. The van der Waals surface area contributed by atoms with Crippen molar-refractivity contribution in [1.29, 1.82) is 0 Å². The molecule has 4 heteroatoms. The molecule has 1 aliphatic rings. The Morgan fingerprint density at radius 2 is 2.06 bits per heavy atom. The molecule has 2 N–H and O–H groups in total. The van der Waals surface area contributed by atoms with E-state index in [4.69, 9.17) is 5.11 Å². The number of rotatable bonds is 6. The van der Waals surface area contributed by atoms with Gasteiger partial charge in [-0.2, -0.15) is 0 Å². The summed E-state index contributed by atoms with van der Waals surface area (Å²) in [5.74, 6) is 0.142. The number of nitrogens with zero attached hydrogens (tertiary/aromatic N) is 1. The summed E-state index contributed by atoms with van der Waals surface area (Å²) in [5.41, 5.74) is 0. The number of aliphatic hydroxyl groups excluding tert-OH is 1. The summed E-state index contributed by atoms with van der Waals surface area (Å²) < 4.78 is 0.